The molecule has 0 saturated carbocycles. The van der Waals surface area contributed by atoms with E-state index in [1.165, 1.54) is 0 Å². The number of ether oxygens (including phenoxy) is 3. The smallest absolute Gasteiger partial charge is 0.404 e. The van der Waals surface area contributed by atoms with Gasteiger partial charge < -0.3 is 29.7 Å². The molecule has 0 aromatic heterocycles. The zero-order chi connectivity index (χ0) is 15.4. The first-order valence-electron chi connectivity index (χ1n) is 6.71. The Morgan fingerprint density at radius 3 is 2.00 bits per heavy atom. The number of nitrogens with one attached hydrogen (secondary N) is 1. The predicted octanol–water partition coefficient (Wildman–Crippen LogP) is 0.711. The average molecular weight is 293 g/mol. The molecular weight excluding hydrogens is 266 g/mol. The van der Waals surface area contributed by atoms with E-state index in [2.05, 4.69) is 5.32 Å². The fourth-order valence-electron chi connectivity index (χ4n) is 1.36. The second kappa shape index (κ2) is 10.8. The summed E-state index contributed by atoms with van der Waals surface area (Å²) < 4.78 is 15.7. The van der Waals surface area contributed by atoms with Crippen LogP contribution < -0.4 is 5.32 Å². The second-order valence-corrected chi connectivity index (χ2v) is 5.39. The topological polar surface area (TPSA) is 97.3 Å². The van der Waals surface area contributed by atoms with Crippen LogP contribution in [0.4, 0.5) is 4.79 Å². The highest BCUT2D eigenvalue weighted by Gasteiger charge is 2.26. The van der Waals surface area contributed by atoms with E-state index in [4.69, 9.17) is 24.4 Å². The highest BCUT2D eigenvalue weighted by Crippen LogP contribution is 2.19. The molecule has 20 heavy (non-hydrogen) atoms. The molecule has 0 aliphatic heterocycles. The largest absolute Gasteiger partial charge is 0.465 e. The fourth-order valence-corrected chi connectivity index (χ4v) is 1.36. The fraction of sp³-hybridized carbons (Fsp3) is 0.923. The van der Waals surface area contributed by atoms with E-state index < -0.39 is 6.09 Å². The van der Waals surface area contributed by atoms with Crippen molar-refractivity contribution in [3.63, 3.8) is 0 Å². The van der Waals surface area contributed by atoms with E-state index in [-0.39, 0.29) is 18.1 Å². The summed E-state index contributed by atoms with van der Waals surface area (Å²) in [6, 6.07) is -0.270. The number of amides is 1. The summed E-state index contributed by atoms with van der Waals surface area (Å²) in [6.45, 7) is 8.18. The van der Waals surface area contributed by atoms with Gasteiger partial charge in [-0.1, -0.05) is 20.8 Å². The van der Waals surface area contributed by atoms with E-state index in [0.29, 0.717) is 39.6 Å². The number of carbonyl (C=O) groups is 1. The van der Waals surface area contributed by atoms with E-state index in [1.54, 1.807) is 0 Å². The lowest BCUT2D eigenvalue weighted by molar-refractivity contribution is -0.00120. The van der Waals surface area contributed by atoms with Crippen LogP contribution in [-0.4, -0.2) is 68.6 Å². The van der Waals surface area contributed by atoms with Gasteiger partial charge in [-0.2, -0.15) is 0 Å². The Bertz CT molecular complexity index is 254. The van der Waals surface area contributed by atoms with Gasteiger partial charge >= 0.3 is 6.09 Å². The van der Waals surface area contributed by atoms with Crippen LogP contribution in [0.1, 0.15) is 20.8 Å². The van der Waals surface area contributed by atoms with Crippen molar-refractivity contribution in [1.82, 2.24) is 5.32 Å². The average Bonchev–Trinajstić information content (AvgIpc) is 2.33. The third kappa shape index (κ3) is 11.0. The Hall–Kier alpha value is -0.890. The molecule has 120 valence electrons. The Labute approximate surface area is 120 Å². The molecule has 0 rings (SSSR count). The molecule has 0 spiro atoms. The molecule has 0 aliphatic rings. The lowest BCUT2D eigenvalue weighted by atomic mass is 9.87. The van der Waals surface area contributed by atoms with Crippen LogP contribution in [0.15, 0.2) is 0 Å². The molecule has 1 amide bonds. The van der Waals surface area contributed by atoms with Gasteiger partial charge in [-0.3, -0.25) is 0 Å². The quantitative estimate of drug-likeness (QED) is 0.485. The molecule has 7 heteroatoms. The molecule has 0 radical (unpaired) electrons. The third-order valence-electron chi connectivity index (χ3n) is 2.61. The van der Waals surface area contributed by atoms with Gasteiger partial charge in [-0.05, 0) is 5.41 Å². The van der Waals surface area contributed by atoms with Crippen LogP contribution in [0.25, 0.3) is 0 Å². The maximum Gasteiger partial charge on any atom is 0.404 e. The first-order valence-corrected chi connectivity index (χ1v) is 6.71. The number of carboxylic acid groups (broad SMARTS) is 1. The van der Waals surface area contributed by atoms with Gasteiger partial charge in [-0.15, -0.1) is 0 Å². The molecule has 1 unspecified atom stereocenters. The van der Waals surface area contributed by atoms with Crippen molar-refractivity contribution in [2.24, 2.45) is 5.41 Å². The van der Waals surface area contributed by atoms with Gasteiger partial charge in [0.05, 0.1) is 52.3 Å². The Morgan fingerprint density at radius 1 is 1.05 bits per heavy atom. The summed E-state index contributed by atoms with van der Waals surface area (Å²) in [5.41, 5.74) is -0.211. The number of hydrogen-bond donors (Lipinski definition) is 3. The van der Waals surface area contributed by atoms with Crippen molar-refractivity contribution in [2.75, 3.05) is 46.2 Å². The highest BCUT2D eigenvalue weighted by atomic mass is 16.5. The molecular formula is C13H27NO6. The van der Waals surface area contributed by atoms with Crippen molar-refractivity contribution in [2.45, 2.75) is 26.8 Å². The summed E-state index contributed by atoms with van der Waals surface area (Å²) in [5.74, 6) is 0. The summed E-state index contributed by atoms with van der Waals surface area (Å²) in [5, 5.41) is 19.7. The van der Waals surface area contributed by atoms with Crippen molar-refractivity contribution in [1.29, 1.82) is 0 Å². The summed E-state index contributed by atoms with van der Waals surface area (Å²) in [4.78, 5) is 10.7. The van der Waals surface area contributed by atoms with Gasteiger partial charge in [0.25, 0.3) is 0 Å². The maximum atomic E-state index is 10.7. The molecule has 3 N–H and O–H groups in total. The molecule has 0 heterocycles. The molecule has 0 aromatic carbocycles. The minimum atomic E-state index is -1.05. The van der Waals surface area contributed by atoms with E-state index >= 15 is 0 Å². The molecule has 0 bridgehead atoms. The summed E-state index contributed by atoms with van der Waals surface area (Å²) in [7, 11) is 0. The zero-order valence-electron chi connectivity index (χ0n) is 12.6. The van der Waals surface area contributed by atoms with E-state index in [1.807, 2.05) is 20.8 Å². The Balaban J connectivity index is 3.62. The standard InChI is InChI=1S/C13H27NO6/c1-13(2,3)11(14-12(16)17)10-20-9-8-19-7-6-18-5-4-15/h11,14-15H,4-10H2,1-3H3,(H,16,17). The molecule has 0 saturated heterocycles. The third-order valence-corrected chi connectivity index (χ3v) is 2.61. The first kappa shape index (κ1) is 19.1. The summed E-state index contributed by atoms with van der Waals surface area (Å²) >= 11 is 0. The molecule has 0 aliphatic carbocycles. The van der Waals surface area contributed by atoms with Gasteiger partial charge in [0, 0.05) is 0 Å². The van der Waals surface area contributed by atoms with Crippen molar-refractivity contribution < 1.29 is 29.2 Å². The van der Waals surface area contributed by atoms with Crippen molar-refractivity contribution in [3.8, 4) is 0 Å². The number of aliphatic hydroxyl groups is 1. The van der Waals surface area contributed by atoms with E-state index in [9.17, 15) is 4.79 Å². The van der Waals surface area contributed by atoms with Crippen LogP contribution in [0, 0.1) is 5.41 Å². The van der Waals surface area contributed by atoms with Gasteiger partial charge in [0.2, 0.25) is 0 Å². The van der Waals surface area contributed by atoms with Crippen LogP contribution in [0.3, 0.4) is 0 Å². The number of rotatable bonds is 11. The van der Waals surface area contributed by atoms with Crippen molar-refractivity contribution in [3.05, 3.63) is 0 Å². The molecule has 7 nitrogen and oxygen atoms in total. The first-order chi connectivity index (χ1) is 9.38. The minimum Gasteiger partial charge on any atom is -0.465 e. The van der Waals surface area contributed by atoms with Gasteiger partial charge in [-0.25, -0.2) is 4.79 Å². The molecule has 1 atom stereocenters. The SMILES string of the molecule is CC(C)(C)C(COCCOCCOCCO)NC(=O)O. The Morgan fingerprint density at radius 2 is 1.55 bits per heavy atom. The number of aliphatic hydroxyl groups excluding tert-OH is 1. The highest BCUT2D eigenvalue weighted by molar-refractivity contribution is 5.65. The van der Waals surface area contributed by atoms with Crippen LogP contribution in [-0.2, 0) is 14.2 Å². The normalized spacial score (nSPS) is 13.2. The Kier molecular flexibility index (Phi) is 10.4. The van der Waals surface area contributed by atoms with E-state index in [0.717, 1.165) is 0 Å². The zero-order valence-corrected chi connectivity index (χ0v) is 12.6. The summed E-state index contributed by atoms with van der Waals surface area (Å²) in [6.07, 6.45) is -1.05. The van der Waals surface area contributed by atoms with Crippen LogP contribution >= 0.6 is 0 Å². The van der Waals surface area contributed by atoms with Gasteiger partial charge in [0.1, 0.15) is 0 Å². The van der Waals surface area contributed by atoms with Gasteiger partial charge in [0.15, 0.2) is 0 Å². The molecule has 0 aromatic rings. The molecule has 0 fully saturated rings. The van der Waals surface area contributed by atoms with Crippen LogP contribution in [0.5, 0.6) is 0 Å². The lowest BCUT2D eigenvalue weighted by Gasteiger charge is -2.30. The maximum absolute atomic E-state index is 10.7. The van der Waals surface area contributed by atoms with Crippen LogP contribution in [0.2, 0.25) is 0 Å². The monoisotopic (exact) mass is 293 g/mol. The second-order valence-electron chi connectivity index (χ2n) is 5.39. The lowest BCUT2D eigenvalue weighted by Crippen LogP contribution is -2.46. The van der Waals surface area contributed by atoms with Crippen molar-refractivity contribution >= 4 is 6.09 Å². The predicted molar refractivity (Wildman–Crippen MR) is 73.9 cm³/mol. The number of hydrogen-bond acceptors (Lipinski definition) is 5. The minimum absolute atomic E-state index is 0.00782.